The van der Waals surface area contributed by atoms with Crippen molar-refractivity contribution in [3.63, 3.8) is 0 Å². The van der Waals surface area contributed by atoms with E-state index in [4.69, 9.17) is 0 Å². The molecular weight excluding hydrogens is 378 g/mol. The second-order valence-corrected chi connectivity index (χ2v) is 8.35. The average molecular weight is 406 g/mol. The highest BCUT2D eigenvalue weighted by atomic mass is 32.1. The van der Waals surface area contributed by atoms with Gasteiger partial charge in [0.1, 0.15) is 0 Å². The Balaban J connectivity index is 1.41. The fourth-order valence-electron chi connectivity index (χ4n) is 3.79. The van der Waals surface area contributed by atoms with E-state index in [2.05, 4.69) is 51.1 Å². The summed E-state index contributed by atoms with van der Waals surface area (Å²) >= 11 is 1.71. The molecule has 0 aliphatic carbocycles. The Kier molecular flexibility index (Phi) is 6.39. The van der Waals surface area contributed by atoms with Crippen molar-refractivity contribution >= 4 is 17.2 Å². The smallest absolute Gasteiger partial charge is 0.251 e. The highest BCUT2D eigenvalue weighted by Gasteiger charge is 2.24. The summed E-state index contributed by atoms with van der Waals surface area (Å²) in [6.45, 7) is 4.81. The molecule has 1 atom stereocenters. The molecule has 4 nitrogen and oxygen atoms in total. The minimum absolute atomic E-state index is 0.0148. The second kappa shape index (κ2) is 9.35. The number of carbonyl (C=O) groups excluding carboxylic acids is 1. The van der Waals surface area contributed by atoms with E-state index in [0.717, 1.165) is 37.3 Å². The first-order valence-electron chi connectivity index (χ1n) is 10.1. The summed E-state index contributed by atoms with van der Waals surface area (Å²) in [6.07, 6.45) is 0. The Morgan fingerprint density at radius 2 is 1.66 bits per heavy atom. The molecule has 1 saturated heterocycles. The number of carbonyl (C=O) groups is 1. The van der Waals surface area contributed by atoms with E-state index >= 15 is 0 Å². The standard InChI is InChI=1S/C24H27N3OS/c1-26-12-14-27(15-13-26)23(22-11-16-29-18-22)17-25-24(28)21-9-7-20(8-10-21)19-5-3-2-4-6-19/h2-11,16,18,23H,12-15,17H2,1H3,(H,25,28). The molecule has 1 aliphatic heterocycles. The molecule has 1 aliphatic rings. The van der Waals surface area contributed by atoms with Gasteiger partial charge in [0.2, 0.25) is 0 Å². The predicted molar refractivity (Wildman–Crippen MR) is 120 cm³/mol. The van der Waals surface area contributed by atoms with Crippen LogP contribution in [0.15, 0.2) is 71.4 Å². The van der Waals surface area contributed by atoms with Crippen molar-refractivity contribution in [2.75, 3.05) is 39.8 Å². The van der Waals surface area contributed by atoms with Crippen LogP contribution in [0.4, 0.5) is 0 Å². The van der Waals surface area contributed by atoms with E-state index in [1.807, 2.05) is 42.5 Å². The number of likely N-dealkylation sites (N-methyl/N-ethyl adjacent to an activating group) is 1. The lowest BCUT2D eigenvalue weighted by Crippen LogP contribution is -2.48. The number of hydrogen-bond acceptors (Lipinski definition) is 4. The van der Waals surface area contributed by atoms with Crippen LogP contribution in [0, 0.1) is 0 Å². The summed E-state index contributed by atoms with van der Waals surface area (Å²) < 4.78 is 0. The lowest BCUT2D eigenvalue weighted by Gasteiger charge is -2.38. The number of rotatable bonds is 6. The number of piperazine rings is 1. The quantitative estimate of drug-likeness (QED) is 0.670. The molecule has 0 spiro atoms. The van der Waals surface area contributed by atoms with Crippen LogP contribution in [-0.2, 0) is 0 Å². The molecule has 4 rings (SSSR count). The molecule has 3 aromatic rings. The molecule has 2 heterocycles. The molecule has 0 bridgehead atoms. The van der Waals surface area contributed by atoms with E-state index in [-0.39, 0.29) is 11.9 Å². The highest BCUT2D eigenvalue weighted by molar-refractivity contribution is 7.08. The van der Waals surface area contributed by atoms with E-state index in [1.54, 1.807) is 11.3 Å². The second-order valence-electron chi connectivity index (χ2n) is 7.57. The van der Waals surface area contributed by atoms with Gasteiger partial charge in [-0.25, -0.2) is 0 Å². The van der Waals surface area contributed by atoms with Gasteiger partial charge in [-0.15, -0.1) is 0 Å². The molecule has 29 heavy (non-hydrogen) atoms. The topological polar surface area (TPSA) is 35.6 Å². The van der Waals surface area contributed by atoms with Crippen LogP contribution >= 0.6 is 11.3 Å². The molecule has 1 unspecified atom stereocenters. The number of nitrogens with one attached hydrogen (secondary N) is 1. The highest BCUT2D eigenvalue weighted by Crippen LogP contribution is 2.24. The van der Waals surface area contributed by atoms with Crippen molar-refractivity contribution in [2.24, 2.45) is 0 Å². The van der Waals surface area contributed by atoms with Crippen LogP contribution in [0.2, 0.25) is 0 Å². The summed E-state index contributed by atoms with van der Waals surface area (Å²) in [7, 11) is 2.16. The Labute approximate surface area is 176 Å². The number of hydrogen-bond donors (Lipinski definition) is 1. The summed E-state index contributed by atoms with van der Waals surface area (Å²) in [5.41, 5.74) is 4.27. The third-order valence-corrected chi connectivity index (χ3v) is 6.32. The van der Waals surface area contributed by atoms with E-state index in [1.165, 1.54) is 5.56 Å². The van der Waals surface area contributed by atoms with Crippen LogP contribution < -0.4 is 5.32 Å². The summed E-state index contributed by atoms with van der Waals surface area (Å²) in [5, 5.41) is 7.48. The van der Waals surface area contributed by atoms with Gasteiger partial charge >= 0.3 is 0 Å². The zero-order chi connectivity index (χ0) is 20.1. The molecule has 5 heteroatoms. The largest absolute Gasteiger partial charge is 0.350 e. The molecule has 1 amide bonds. The molecule has 1 N–H and O–H groups in total. The minimum atomic E-state index is -0.0148. The van der Waals surface area contributed by atoms with Gasteiger partial charge < -0.3 is 10.2 Å². The zero-order valence-electron chi connectivity index (χ0n) is 16.8. The van der Waals surface area contributed by atoms with E-state index in [9.17, 15) is 4.79 Å². The molecular formula is C24H27N3OS. The predicted octanol–water partition coefficient (Wildman–Crippen LogP) is 4.13. The Bertz CT molecular complexity index is 901. The summed E-state index contributed by atoms with van der Waals surface area (Å²) in [6, 6.07) is 20.5. The Hall–Kier alpha value is -2.47. The van der Waals surface area contributed by atoms with Gasteiger partial charge in [0.05, 0.1) is 6.04 Å². The maximum Gasteiger partial charge on any atom is 0.251 e. The lowest BCUT2D eigenvalue weighted by molar-refractivity contribution is 0.0887. The first-order valence-corrected chi connectivity index (χ1v) is 11.0. The first kappa shape index (κ1) is 19.8. The number of benzene rings is 2. The maximum atomic E-state index is 12.8. The average Bonchev–Trinajstić information content (AvgIpc) is 3.30. The van der Waals surface area contributed by atoms with Crippen LogP contribution in [-0.4, -0.2) is 55.5 Å². The normalized spacial score (nSPS) is 16.4. The van der Waals surface area contributed by atoms with E-state index < -0.39 is 0 Å². The first-order chi connectivity index (χ1) is 14.2. The fraction of sp³-hybridized carbons (Fsp3) is 0.292. The molecule has 2 aromatic carbocycles. The summed E-state index contributed by atoms with van der Waals surface area (Å²) in [4.78, 5) is 17.6. The van der Waals surface area contributed by atoms with Crippen LogP contribution in [0.1, 0.15) is 22.0 Å². The van der Waals surface area contributed by atoms with Gasteiger partial charge in [0.15, 0.2) is 0 Å². The molecule has 1 aromatic heterocycles. The zero-order valence-corrected chi connectivity index (χ0v) is 17.6. The monoisotopic (exact) mass is 405 g/mol. The van der Waals surface area contributed by atoms with Gasteiger partial charge in [-0.1, -0.05) is 42.5 Å². The van der Waals surface area contributed by atoms with Crippen LogP contribution in [0.25, 0.3) is 11.1 Å². The molecule has 150 valence electrons. The van der Waals surface area contributed by atoms with Crippen molar-refractivity contribution in [3.8, 4) is 11.1 Å². The van der Waals surface area contributed by atoms with E-state index in [0.29, 0.717) is 12.1 Å². The van der Waals surface area contributed by atoms with Crippen molar-refractivity contribution in [1.29, 1.82) is 0 Å². The van der Waals surface area contributed by atoms with Crippen LogP contribution in [0.5, 0.6) is 0 Å². The third-order valence-electron chi connectivity index (χ3n) is 5.62. The van der Waals surface area contributed by atoms with Crippen LogP contribution in [0.3, 0.4) is 0 Å². The SMILES string of the molecule is CN1CCN(C(CNC(=O)c2ccc(-c3ccccc3)cc2)c2ccsc2)CC1. The van der Waals surface area contributed by atoms with Crippen molar-refractivity contribution in [3.05, 3.63) is 82.6 Å². The molecule has 0 radical (unpaired) electrons. The number of nitrogens with zero attached hydrogens (tertiary/aromatic N) is 2. The van der Waals surface area contributed by atoms with Crippen molar-refractivity contribution < 1.29 is 4.79 Å². The minimum Gasteiger partial charge on any atom is -0.350 e. The van der Waals surface area contributed by atoms with Gasteiger partial charge in [-0.3, -0.25) is 9.69 Å². The Morgan fingerprint density at radius 3 is 2.31 bits per heavy atom. The fourth-order valence-corrected chi connectivity index (χ4v) is 4.50. The van der Waals surface area contributed by atoms with Gasteiger partial charge in [-0.2, -0.15) is 11.3 Å². The summed E-state index contributed by atoms with van der Waals surface area (Å²) in [5.74, 6) is -0.0148. The lowest BCUT2D eigenvalue weighted by atomic mass is 10.0. The molecule has 1 fully saturated rings. The maximum absolute atomic E-state index is 12.8. The van der Waals surface area contributed by atoms with Crippen molar-refractivity contribution in [1.82, 2.24) is 15.1 Å². The number of amides is 1. The van der Waals surface area contributed by atoms with Crippen molar-refractivity contribution in [2.45, 2.75) is 6.04 Å². The Morgan fingerprint density at radius 1 is 0.966 bits per heavy atom. The van der Waals surface area contributed by atoms with Gasteiger partial charge in [0.25, 0.3) is 5.91 Å². The number of thiophene rings is 1. The third kappa shape index (κ3) is 4.93. The van der Waals surface area contributed by atoms with Gasteiger partial charge in [-0.05, 0) is 52.7 Å². The molecule has 0 saturated carbocycles. The van der Waals surface area contributed by atoms with Gasteiger partial charge in [0, 0.05) is 38.3 Å².